The van der Waals surface area contributed by atoms with Gasteiger partial charge in [0.1, 0.15) is 11.3 Å². The van der Waals surface area contributed by atoms with E-state index < -0.39 is 21.8 Å². The summed E-state index contributed by atoms with van der Waals surface area (Å²) in [6.45, 7) is 0. The quantitative estimate of drug-likeness (QED) is 0.305. The summed E-state index contributed by atoms with van der Waals surface area (Å²) in [6, 6.07) is 21.6. The summed E-state index contributed by atoms with van der Waals surface area (Å²) >= 11 is 1.61. The Morgan fingerprint density at radius 2 is 1.47 bits per heavy atom. The van der Waals surface area contributed by atoms with Crippen LogP contribution in [0.15, 0.2) is 83.8 Å². The van der Waals surface area contributed by atoms with Gasteiger partial charge in [-0.2, -0.15) is 18.3 Å². The van der Waals surface area contributed by atoms with Gasteiger partial charge in [0.15, 0.2) is 0 Å². The summed E-state index contributed by atoms with van der Waals surface area (Å²) in [5.41, 5.74) is -0.0718. The Balaban J connectivity index is 1.54. The molecule has 2 aromatic heterocycles. The summed E-state index contributed by atoms with van der Waals surface area (Å²) in [4.78, 5) is 0.822. The normalized spacial score (nSPS) is 12.4. The van der Waals surface area contributed by atoms with E-state index in [2.05, 4.69) is 10.2 Å². The standard InChI is InChI=1S/C24H16F3N3O2S2/c25-24(26,27)21-22(29-30-23(21)16-9-11-18(12-10-16)34(28,31)32)15-7-5-14(6-8-15)20-13-17-3-1-2-4-19(17)33-20/h1-13H,(H,29,30)(H2,28,31,32). The van der Waals surface area contributed by atoms with E-state index in [1.165, 1.54) is 12.1 Å². The number of fused-ring (bicyclic) bond motifs is 1. The van der Waals surface area contributed by atoms with Crippen molar-refractivity contribution in [3.63, 3.8) is 0 Å². The number of aromatic nitrogens is 2. The first-order valence-electron chi connectivity index (χ1n) is 9.99. The van der Waals surface area contributed by atoms with Gasteiger partial charge in [-0.15, -0.1) is 11.3 Å². The molecule has 0 atom stereocenters. The van der Waals surface area contributed by atoms with Gasteiger partial charge in [0.25, 0.3) is 0 Å². The van der Waals surface area contributed by atoms with Crippen molar-refractivity contribution in [1.82, 2.24) is 10.2 Å². The zero-order chi connectivity index (χ0) is 24.1. The molecule has 10 heteroatoms. The topological polar surface area (TPSA) is 88.8 Å². The number of hydrogen-bond donors (Lipinski definition) is 2. The number of nitrogens with two attached hydrogens (primary N) is 1. The second-order valence-electron chi connectivity index (χ2n) is 7.62. The van der Waals surface area contributed by atoms with Crippen molar-refractivity contribution in [2.45, 2.75) is 11.1 Å². The third-order valence-corrected chi connectivity index (χ3v) is 7.48. The van der Waals surface area contributed by atoms with Gasteiger partial charge in [0.2, 0.25) is 10.0 Å². The molecule has 172 valence electrons. The first-order valence-corrected chi connectivity index (χ1v) is 12.4. The molecule has 0 radical (unpaired) electrons. The predicted octanol–water partition coefficient (Wildman–Crippen LogP) is 6.29. The van der Waals surface area contributed by atoms with Crippen LogP contribution in [0.4, 0.5) is 13.2 Å². The summed E-state index contributed by atoms with van der Waals surface area (Å²) in [5.74, 6) is 0. The number of nitrogens with zero attached hydrogens (tertiary/aromatic N) is 1. The van der Waals surface area contributed by atoms with Gasteiger partial charge in [-0.3, -0.25) is 5.10 Å². The lowest BCUT2D eigenvalue weighted by Crippen LogP contribution is -2.12. The van der Waals surface area contributed by atoms with Crippen molar-refractivity contribution in [2.75, 3.05) is 0 Å². The molecule has 5 rings (SSSR count). The molecular weight excluding hydrogens is 483 g/mol. The molecule has 0 saturated carbocycles. The molecule has 0 aliphatic carbocycles. The average molecular weight is 500 g/mol. The van der Waals surface area contributed by atoms with Crippen LogP contribution in [0.5, 0.6) is 0 Å². The molecule has 0 unspecified atom stereocenters. The maximum atomic E-state index is 14.1. The van der Waals surface area contributed by atoms with Crippen LogP contribution in [-0.2, 0) is 16.2 Å². The molecule has 0 saturated heterocycles. The number of H-pyrrole nitrogens is 1. The molecule has 0 spiro atoms. The van der Waals surface area contributed by atoms with Crippen LogP contribution in [0, 0.1) is 0 Å². The lowest BCUT2D eigenvalue weighted by molar-refractivity contribution is -0.136. The van der Waals surface area contributed by atoms with E-state index in [4.69, 9.17) is 5.14 Å². The van der Waals surface area contributed by atoms with Crippen LogP contribution in [0.2, 0.25) is 0 Å². The van der Waals surface area contributed by atoms with E-state index in [-0.39, 0.29) is 21.8 Å². The van der Waals surface area contributed by atoms with E-state index in [0.29, 0.717) is 5.56 Å². The van der Waals surface area contributed by atoms with Crippen LogP contribution in [0.1, 0.15) is 5.56 Å². The van der Waals surface area contributed by atoms with Gasteiger partial charge in [-0.05, 0) is 35.2 Å². The third-order valence-electron chi connectivity index (χ3n) is 5.39. The second kappa shape index (κ2) is 8.08. The molecule has 0 aliphatic heterocycles. The highest BCUT2D eigenvalue weighted by Gasteiger charge is 2.39. The Hall–Kier alpha value is -3.47. The van der Waals surface area contributed by atoms with Gasteiger partial charge in [0.05, 0.1) is 10.6 Å². The number of hydrogen-bond acceptors (Lipinski definition) is 4. The first-order chi connectivity index (χ1) is 16.1. The lowest BCUT2D eigenvalue weighted by Gasteiger charge is -2.11. The number of aromatic amines is 1. The zero-order valence-electron chi connectivity index (χ0n) is 17.3. The molecule has 5 aromatic rings. The molecular formula is C24H16F3N3O2S2. The van der Waals surface area contributed by atoms with Crippen molar-refractivity contribution in [3.05, 3.63) is 84.4 Å². The van der Waals surface area contributed by atoms with Crippen LogP contribution in [0.25, 0.3) is 43.0 Å². The SMILES string of the molecule is NS(=O)(=O)c1ccc(-c2[nH]nc(-c3ccc(-c4cc5ccccc5s4)cc3)c2C(F)(F)F)cc1. The molecule has 5 nitrogen and oxygen atoms in total. The van der Waals surface area contributed by atoms with Gasteiger partial charge in [0, 0.05) is 20.7 Å². The summed E-state index contributed by atoms with van der Waals surface area (Å²) in [6.07, 6.45) is -4.69. The summed E-state index contributed by atoms with van der Waals surface area (Å²) < 4.78 is 66.3. The number of alkyl halides is 3. The van der Waals surface area contributed by atoms with Crippen LogP contribution < -0.4 is 5.14 Å². The molecule has 0 bridgehead atoms. The Kier molecular flexibility index (Phi) is 5.31. The van der Waals surface area contributed by atoms with Crippen LogP contribution in [-0.4, -0.2) is 18.6 Å². The molecule has 0 fully saturated rings. The summed E-state index contributed by atoms with van der Waals surface area (Å²) in [5, 5.41) is 12.6. The molecule has 2 heterocycles. The maximum absolute atomic E-state index is 14.1. The highest BCUT2D eigenvalue weighted by atomic mass is 32.2. The van der Waals surface area contributed by atoms with E-state index in [9.17, 15) is 21.6 Å². The van der Waals surface area contributed by atoms with Crippen LogP contribution >= 0.6 is 11.3 Å². The Morgan fingerprint density at radius 3 is 2.09 bits per heavy atom. The molecule has 0 amide bonds. The van der Waals surface area contributed by atoms with Crippen molar-refractivity contribution in [3.8, 4) is 33.0 Å². The van der Waals surface area contributed by atoms with Crippen molar-refractivity contribution in [2.24, 2.45) is 5.14 Å². The number of thiophene rings is 1. The Labute approximate surface area is 196 Å². The number of halogens is 3. The molecule has 0 aliphatic rings. The molecule has 34 heavy (non-hydrogen) atoms. The summed E-state index contributed by atoms with van der Waals surface area (Å²) in [7, 11) is -3.96. The fourth-order valence-corrected chi connectivity index (χ4v) is 5.35. The third kappa shape index (κ3) is 4.11. The van der Waals surface area contributed by atoms with E-state index in [1.54, 1.807) is 35.6 Å². The Morgan fingerprint density at radius 1 is 0.853 bits per heavy atom. The van der Waals surface area contributed by atoms with Crippen molar-refractivity contribution < 1.29 is 21.6 Å². The highest BCUT2D eigenvalue weighted by molar-refractivity contribution is 7.89. The lowest BCUT2D eigenvalue weighted by atomic mass is 10.0. The average Bonchev–Trinajstić information content (AvgIpc) is 3.43. The number of rotatable bonds is 4. The fourth-order valence-electron chi connectivity index (χ4n) is 3.76. The first kappa shape index (κ1) is 22.3. The van der Waals surface area contributed by atoms with Gasteiger partial charge in [-0.1, -0.05) is 54.6 Å². The van der Waals surface area contributed by atoms with E-state index in [0.717, 1.165) is 32.7 Å². The number of sulfonamides is 1. The smallest absolute Gasteiger partial charge is 0.277 e. The number of nitrogens with one attached hydrogen (secondary N) is 1. The number of benzene rings is 3. The van der Waals surface area contributed by atoms with Crippen molar-refractivity contribution >= 4 is 31.4 Å². The minimum absolute atomic E-state index is 0.139. The molecule has 3 aromatic carbocycles. The second-order valence-corrected chi connectivity index (χ2v) is 10.3. The van der Waals surface area contributed by atoms with Crippen LogP contribution in [0.3, 0.4) is 0 Å². The fraction of sp³-hybridized carbons (Fsp3) is 0.0417. The maximum Gasteiger partial charge on any atom is 0.420 e. The van der Waals surface area contributed by atoms with E-state index in [1.807, 2.05) is 30.3 Å². The minimum atomic E-state index is -4.69. The van der Waals surface area contributed by atoms with E-state index >= 15 is 0 Å². The predicted molar refractivity (Wildman–Crippen MR) is 127 cm³/mol. The van der Waals surface area contributed by atoms with Gasteiger partial charge >= 0.3 is 6.18 Å². The van der Waals surface area contributed by atoms with Gasteiger partial charge < -0.3 is 0 Å². The highest BCUT2D eigenvalue weighted by Crippen LogP contribution is 2.42. The van der Waals surface area contributed by atoms with Gasteiger partial charge in [-0.25, -0.2) is 13.6 Å². The number of primary sulfonamides is 1. The zero-order valence-corrected chi connectivity index (χ0v) is 18.9. The Bertz CT molecular complexity index is 1570. The van der Waals surface area contributed by atoms with Crippen molar-refractivity contribution in [1.29, 1.82) is 0 Å². The monoisotopic (exact) mass is 499 g/mol. The molecule has 3 N–H and O–H groups in total. The largest absolute Gasteiger partial charge is 0.420 e. The minimum Gasteiger partial charge on any atom is -0.277 e.